The lowest BCUT2D eigenvalue weighted by Gasteiger charge is -2.16. The minimum absolute atomic E-state index is 0.578. The van der Waals surface area contributed by atoms with Gasteiger partial charge in [-0.25, -0.2) is 9.97 Å². The standard InChI is InChI=1S/C40H24N4OS/c46-39-34(23-10-1-2-11-23)26-13-3-4-14-27(26)35-37-31(17-9-21-41-37)44(38(35)39)40-42-30-16-7-5-15-28(30)36(43-40)24-19-20-33-29(22-24)25-12-6-8-18-32(25)45-33/h1-10,12-22,46H,11H2. The number of furan rings is 1. The number of hydrogen-bond donors (Lipinski definition) is 1. The fraction of sp³-hybridized carbons (Fsp3) is 0.0250. The largest absolute Gasteiger partial charge is 0.456 e. The van der Waals surface area contributed by atoms with E-state index in [2.05, 4.69) is 83.5 Å². The molecular weight excluding hydrogens is 585 g/mol. The first kappa shape index (κ1) is 25.6. The smallest absolute Gasteiger partial charge is 0.235 e. The molecule has 6 heteroatoms. The summed E-state index contributed by atoms with van der Waals surface area (Å²) in [6.07, 6.45) is 9.23. The molecule has 0 aliphatic heterocycles. The zero-order chi connectivity index (χ0) is 30.4. The van der Waals surface area contributed by atoms with Crippen molar-refractivity contribution in [3.63, 3.8) is 0 Å². The summed E-state index contributed by atoms with van der Waals surface area (Å²) in [5, 5.41) is 6.49. The van der Waals surface area contributed by atoms with E-state index in [1.807, 2.05) is 48.7 Å². The maximum absolute atomic E-state index is 6.15. The molecule has 0 radical (unpaired) electrons. The number of aromatic nitrogens is 4. The molecule has 4 heterocycles. The lowest BCUT2D eigenvalue weighted by atomic mass is 9.94. The number of allylic oxidation sites excluding steroid dienone is 4. The van der Waals surface area contributed by atoms with E-state index in [0.717, 1.165) is 88.3 Å². The van der Waals surface area contributed by atoms with Gasteiger partial charge in [0.15, 0.2) is 0 Å². The molecule has 0 fully saturated rings. The van der Waals surface area contributed by atoms with Crippen LogP contribution < -0.4 is 0 Å². The fourth-order valence-electron chi connectivity index (χ4n) is 7.18. The van der Waals surface area contributed by atoms with Crippen LogP contribution >= 0.6 is 12.6 Å². The van der Waals surface area contributed by atoms with Crippen molar-refractivity contribution in [2.24, 2.45) is 0 Å². The van der Waals surface area contributed by atoms with Gasteiger partial charge in [0.1, 0.15) is 11.2 Å². The summed E-state index contributed by atoms with van der Waals surface area (Å²) in [6, 6.07) is 35.3. The Kier molecular flexibility index (Phi) is 5.36. The van der Waals surface area contributed by atoms with Crippen LogP contribution in [0.1, 0.15) is 12.0 Å². The van der Waals surface area contributed by atoms with Crippen molar-refractivity contribution >= 4 is 83.8 Å². The summed E-state index contributed by atoms with van der Waals surface area (Å²) in [5.41, 5.74) is 9.62. The Bertz CT molecular complexity index is 2800. The fourth-order valence-corrected chi connectivity index (χ4v) is 7.66. The first-order chi connectivity index (χ1) is 22.7. The Labute approximate surface area is 268 Å². The van der Waals surface area contributed by atoms with Gasteiger partial charge in [0.2, 0.25) is 5.95 Å². The van der Waals surface area contributed by atoms with E-state index < -0.39 is 0 Å². The zero-order valence-corrected chi connectivity index (χ0v) is 25.4. The molecule has 0 unspecified atom stereocenters. The number of rotatable bonds is 3. The minimum Gasteiger partial charge on any atom is -0.456 e. The van der Waals surface area contributed by atoms with Crippen molar-refractivity contribution in [3.8, 4) is 17.2 Å². The van der Waals surface area contributed by atoms with Crippen molar-refractivity contribution < 1.29 is 4.42 Å². The van der Waals surface area contributed by atoms with Crippen LogP contribution in [0.5, 0.6) is 0 Å². The van der Waals surface area contributed by atoms with E-state index in [4.69, 9.17) is 32.0 Å². The first-order valence-electron chi connectivity index (χ1n) is 15.3. The van der Waals surface area contributed by atoms with Gasteiger partial charge in [0.25, 0.3) is 0 Å². The van der Waals surface area contributed by atoms with Gasteiger partial charge in [-0.1, -0.05) is 78.9 Å². The second-order valence-corrected chi connectivity index (χ2v) is 12.2. The second kappa shape index (κ2) is 9.64. The van der Waals surface area contributed by atoms with Crippen LogP contribution in [-0.2, 0) is 0 Å². The van der Waals surface area contributed by atoms with Crippen molar-refractivity contribution in [2.45, 2.75) is 11.3 Å². The molecule has 0 saturated carbocycles. The normalized spacial score (nSPS) is 13.3. The molecule has 216 valence electrons. The van der Waals surface area contributed by atoms with Gasteiger partial charge in [-0.2, -0.15) is 0 Å². The molecule has 46 heavy (non-hydrogen) atoms. The van der Waals surface area contributed by atoms with Crippen LogP contribution in [0.4, 0.5) is 0 Å². The number of para-hydroxylation sites is 2. The molecule has 0 bridgehead atoms. The summed E-state index contributed by atoms with van der Waals surface area (Å²) in [5.74, 6) is 0.578. The number of hydrogen-bond acceptors (Lipinski definition) is 5. The maximum atomic E-state index is 6.15. The van der Waals surface area contributed by atoms with Crippen molar-refractivity contribution in [3.05, 3.63) is 133 Å². The Morgan fingerprint density at radius 3 is 2.37 bits per heavy atom. The highest BCUT2D eigenvalue weighted by Crippen LogP contribution is 2.45. The van der Waals surface area contributed by atoms with Gasteiger partial charge in [0.05, 0.1) is 27.8 Å². The highest BCUT2D eigenvalue weighted by atomic mass is 32.1. The molecule has 5 nitrogen and oxygen atoms in total. The molecule has 0 N–H and O–H groups in total. The summed E-state index contributed by atoms with van der Waals surface area (Å²) in [7, 11) is 0. The topological polar surface area (TPSA) is 56.7 Å². The van der Waals surface area contributed by atoms with Crippen LogP contribution in [0.2, 0.25) is 0 Å². The molecule has 10 rings (SSSR count). The quantitative estimate of drug-likeness (QED) is 0.203. The van der Waals surface area contributed by atoms with E-state index in [-0.39, 0.29) is 0 Å². The number of nitrogens with zero attached hydrogens (tertiary/aromatic N) is 4. The molecule has 0 spiro atoms. The Balaban J connectivity index is 1.33. The van der Waals surface area contributed by atoms with Crippen LogP contribution in [0, 0.1) is 0 Å². The second-order valence-electron chi connectivity index (χ2n) is 11.7. The zero-order valence-electron chi connectivity index (χ0n) is 24.5. The van der Waals surface area contributed by atoms with Crippen molar-refractivity contribution in [1.82, 2.24) is 19.5 Å². The number of fused-ring (bicyclic) bond motifs is 9. The molecule has 0 amide bonds. The number of thiol groups is 1. The Hall–Kier alpha value is -5.72. The third-order valence-electron chi connectivity index (χ3n) is 9.19. The van der Waals surface area contributed by atoms with Crippen LogP contribution in [0.15, 0.2) is 137 Å². The third kappa shape index (κ3) is 3.56. The lowest BCUT2D eigenvalue weighted by Crippen LogP contribution is -2.04. The average molecular weight is 609 g/mol. The lowest BCUT2D eigenvalue weighted by molar-refractivity contribution is 0.669. The van der Waals surface area contributed by atoms with Gasteiger partial charge >= 0.3 is 0 Å². The maximum Gasteiger partial charge on any atom is 0.235 e. The van der Waals surface area contributed by atoms with E-state index >= 15 is 0 Å². The van der Waals surface area contributed by atoms with Crippen molar-refractivity contribution in [2.75, 3.05) is 0 Å². The van der Waals surface area contributed by atoms with Gasteiger partial charge < -0.3 is 4.42 Å². The first-order valence-corrected chi connectivity index (χ1v) is 15.8. The van der Waals surface area contributed by atoms with Gasteiger partial charge in [-0.15, -0.1) is 12.6 Å². The molecule has 9 aromatic rings. The third-order valence-corrected chi connectivity index (χ3v) is 9.62. The molecule has 0 saturated heterocycles. The molecular formula is C40H24N4OS. The van der Waals surface area contributed by atoms with E-state index in [1.165, 1.54) is 11.0 Å². The molecule has 5 aromatic carbocycles. The summed E-state index contributed by atoms with van der Waals surface area (Å²) >= 11 is 5.30. The molecule has 1 aliphatic rings. The van der Waals surface area contributed by atoms with Crippen molar-refractivity contribution in [1.29, 1.82) is 0 Å². The summed E-state index contributed by atoms with van der Waals surface area (Å²) in [4.78, 5) is 16.4. The average Bonchev–Trinajstić information content (AvgIpc) is 3.84. The summed E-state index contributed by atoms with van der Waals surface area (Å²) in [6.45, 7) is 0. The predicted octanol–water partition coefficient (Wildman–Crippen LogP) is 10.5. The Morgan fingerprint density at radius 1 is 0.717 bits per heavy atom. The minimum atomic E-state index is 0.578. The van der Waals surface area contributed by atoms with Gasteiger partial charge in [-0.3, -0.25) is 9.55 Å². The molecule has 0 atom stereocenters. The van der Waals surface area contributed by atoms with E-state index in [9.17, 15) is 0 Å². The summed E-state index contributed by atoms with van der Waals surface area (Å²) < 4.78 is 8.30. The van der Waals surface area contributed by atoms with E-state index in [1.54, 1.807) is 0 Å². The van der Waals surface area contributed by atoms with Crippen LogP contribution in [0.25, 0.3) is 88.3 Å². The molecule has 4 aromatic heterocycles. The molecule has 1 aliphatic carbocycles. The van der Waals surface area contributed by atoms with E-state index in [0.29, 0.717) is 5.95 Å². The van der Waals surface area contributed by atoms with Gasteiger partial charge in [0, 0.05) is 43.8 Å². The highest BCUT2D eigenvalue weighted by Gasteiger charge is 2.25. The van der Waals surface area contributed by atoms with Gasteiger partial charge in [-0.05, 0) is 65.2 Å². The SMILES string of the molecule is Sc1c(C2=CC=CC2)c2ccccc2c2c3ncccc3n(-c3nc(-c4ccc5oc6ccccc6c5c4)c4ccccc4n3)c12. The number of benzene rings is 5. The Morgan fingerprint density at radius 2 is 1.50 bits per heavy atom. The monoisotopic (exact) mass is 608 g/mol. The van der Waals surface area contributed by atoms with Crippen LogP contribution in [-0.4, -0.2) is 19.5 Å². The van der Waals surface area contributed by atoms with Crippen LogP contribution in [0.3, 0.4) is 0 Å². The highest BCUT2D eigenvalue weighted by molar-refractivity contribution is 7.80. The number of pyridine rings is 1. The predicted molar refractivity (Wildman–Crippen MR) is 191 cm³/mol.